The molecule has 1 atom stereocenters. The largest absolute Gasteiger partial charge is 0.453 e. The van der Waals surface area contributed by atoms with Crippen molar-refractivity contribution in [1.82, 2.24) is 0 Å². The van der Waals surface area contributed by atoms with Crippen molar-refractivity contribution < 1.29 is 9.21 Å². The van der Waals surface area contributed by atoms with Gasteiger partial charge in [-0.3, -0.25) is 4.79 Å². The second-order valence-electron chi connectivity index (χ2n) is 4.45. The van der Waals surface area contributed by atoms with Crippen molar-refractivity contribution >= 4 is 16.8 Å². The first-order valence-electron chi connectivity index (χ1n) is 5.92. The van der Waals surface area contributed by atoms with Crippen LogP contribution in [0.3, 0.4) is 0 Å². The van der Waals surface area contributed by atoms with E-state index < -0.39 is 0 Å². The molecule has 90 valence electrons. The van der Waals surface area contributed by atoms with Crippen LogP contribution in [0.1, 0.15) is 30.3 Å². The second kappa shape index (κ2) is 5.15. The van der Waals surface area contributed by atoms with E-state index in [1.807, 2.05) is 37.3 Å². The summed E-state index contributed by atoms with van der Waals surface area (Å²) in [5.74, 6) is 0.889. The predicted molar refractivity (Wildman–Crippen MR) is 68.0 cm³/mol. The second-order valence-corrected chi connectivity index (χ2v) is 4.45. The molecular weight excluding hydrogens is 214 g/mol. The Bertz CT molecular complexity index is 483. The van der Waals surface area contributed by atoms with Crippen LogP contribution >= 0.6 is 0 Å². The van der Waals surface area contributed by atoms with Gasteiger partial charge in [0.1, 0.15) is 5.58 Å². The summed E-state index contributed by atoms with van der Waals surface area (Å²) in [6.07, 6.45) is 1.31. The number of hydrogen-bond donors (Lipinski definition) is 1. The molecule has 0 bridgehead atoms. The molecule has 1 heterocycles. The van der Waals surface area contributed by atoms with Crippen molar-refractivity contribution in [3.63, 3.8) is 0 Å². The van der Waals surface area contributed by atoms with E-state index in [0.29, 0.717) is 24.6 Å². The minimum atomic E-state index is 0.0569. The van der Waals surface area contributed by atoms with Crippen molar-refractivity contribution in [3.05, 3.63) is 36.1 Å². The fraction of sp³-hybridized carbons (Fsp3) is 0.357. The minimum absolute atomic E-state index is 0.0569. The van der Waals surface area contributed by atoms with Gasteiger partial charge in [0, 0.05) is 11.8 Å². The average molecular weight is 231 g/mol. The molecule has 1 aromatic carbocycles. The molecule has 0 aliphatic carbocycles. The van der Waals surface area contributed by atoms with E-state index in [4.69, 9.17) is 10.2 Å². The summed E-state index contributed by atoms with van der Waals surface area (Å²) in [5.41, 5.74) is 6.29. The van der Waals surface area contributed by atoms with Crippen molar-refractivity contribution in [2.24, 2.45) is 11.7 Å². The van der Waals surface area contributed by atoms with Crippen LogP contribution in [0.5, 0.6) is 0 Å². The molecule has 2 rings (SSSR count). The maximum atomic E-state index is 11.9. The Labute approximate surface area is 101 Å². The lowest BCUT2D eigenvalue weighted by Crippen LogP contribution is -2.12. The Morgan fingerprint density at radius 1 is 1.41 bits per heavy atom. The van der Waals surface area contributed by atoms with Gasteiger partial charge in [-0.1, -0.05) is 25.1 Å². The van der Waals surface area contributed by atoms with E-state index in [1.54, 1.807) is 0 Å². The van der Waals surface area contributed by atoms with Gasteiger partial charge >= 0.3 is 0 Å². The SMILES string of the molecule is CC(CN)CCC(=O)c1cc2ccccc2o1. The third-order valence-corrected chi connectivity index (χ3v) is 2.97. The number of rotatable bonds is 5. The van der Waals surface area contributed by atoms with Gasteiger partial charge in [-0.15, -0.1) is 0 Å². The molecule has 0 aliphatic heterocycles. The Morgan fingerprint density at radius 2 is 2.18 bits per heavy atom. The highest BCUT2D eigenvalue weighted by Gasteiger charge is 2.13. The summed E-state index contributed by atoms with van der Waals surface area (Å²) in [6, 6.07) is 9.46. The molecule has 2 aromatic rings. The van der Waals surface area contributed by atoms with Gasteiger partial charge in [0.15, 0.2) is 11.5 Å². The van der Waals surface area contributed by atoms with Gasteiger partial charge < -0.3 is 10.2 Å². The maximum absolute atomic E-state index is 11.9. The molecule has 0 amide bonds. The number of furan rings is 1. The summed E-state index contributed by atoms with van der Waals surface area (Å²) in [5, 5.41) is 0.975. The number of Topliss-reactive ketones (excluding diaryl/α,β-unsaturated/α-hetero) is 1. The third kappa shape index (κ3) is 2.74. The maximum Gasteiger partial charge on any atom is 0.198 e. The molecule has 1 aromatic heterocycles. The molecular formula is C14H17NO2. The lowest BCUT2D eigenvalue weighted by Gasteiger charge is -2.05. The lowest BCUT2D eigenvalue weighted by atomic mass is 10.0. The molecule has 0 aliphatic rings. The highest BCUT2D eigenvalue weighted by molar-refractivity contribution is 5.97. The number of benzene rings is 1. The summed E-state index contributed by atoms with van der Waals surface area (Å²) in [4.78, 5) is 11.9. The van der Waals surface area contributed by atoms with E-state index in [1.165, 1.54) is 0 Å². The first-order chi connectivity index (χ1) is 8.20. The third-order valence-electron chi connectivity index (χ3n) is 2.97. The van der Waals surface area contributed by atoms with Crippen LogP contribution in [-0.4, -0.2) is 12.3 Å². The Kier molecular flexibility index (Phi) is 3.59. The standard InChI is InChI=1S/C14H17NO2/c1-10(9-15)6-7-12(16)14-8-11-4-2-3-5-13(11)17-14/h2-5,8,10H,6-7,9,15H2,1H3. The van der Waals surface area contributed by atoms with Crippen LogP contribution in [-0.2, 0) is 0 Å². The number of para-hydroxylation sites is 1. The molecule has 1 unspecified atom stereocenters. The number of carbonyl (C=O) groups is 1. The highest BCUT2D eigenvalue weighted by Crippen LogP contribution is 2.20. The molecule has 3 nitrogen and oxygen atoms in total. The van der Waals surface area contributed by atoms with Gasteiger partial charge in [0.2, 0.25) is 0 Å². The fourth-order valence-corrected chi connectivity index (χ4v) is 1.74. The molecule has 0 saturated carbocycles. The topological polar surface area (TPSA) is 56.2 Å². The average Bonchev–Trinajstić information content (AvgIpc) is 2.79. The van der Waals surface area contributed by atoms with E-state index in [-0.39, 0.29) is 5.78 Å². The number of nitrogens with two attached hydrogens (primary N) is 1. The first kappa shape index (κ1) is 11.9. The van der Waals surface area contributed by atoms with E-state index in [9.17, 15) is 4.79 Å². The monoisotopic (exact) mass is 231 g/mol. The Balaban J connectivity index is 2.08. The molecule has 17 heavy (non-hydrogen) atoms. The van der Waals surface area contributed by atoms with Crippen LogP contribution in [0, 0.1) is 5.92 Å². The smallest absolute Gasteiger partial charge is 0.198 e. The molecule has 0 fully saturated rings. The number of hydrogen-bond acceptors (Lipinski definition) is 3. The van der Waals surface area contributed by atoms with Crippen molar-refractivity contribution in [2.75, 3.05) is 6.54 Å². The molecule has 2 N–H and O–H groups in total. The van der Waals surface area contributed by atoms with Crippen LogP contribution in [0.25, 0.3) is 11.0 Å². The number of carbonyl (C=O) groups excluding carboxylic acids is 1. The Morgan fingerprint density at radius 3 is 2.88 bits per heavy atom. The summed E-state index contributed by atoms with van der Waals surface area (Å²) in [7, 11) is 0. The van der Waals surface area contributed by atoms with E-state index >= 15 is 0 Å². The van der Waals surface area contributed by atoms with Gasteiger partial charge in [0.05, 0.1) is 0 Å². The first-order valence-corrected chi connectivity index (χ1v) is 5.92. The number of fused-ring (bicyclic) bond motifs is 1. The molecule has 0 spiro atoms. The fourth-order valence-electron chi connectivity index (χ4n) is 1.74. The number of ketones is 1. The van der Waals surface area contributed by atoms with Crippen LogP contribution < -0.4 is 5.73 Å². The van der Waals surface area contributed by atoms with Crippen LogP contribution in [0.15, 0.2) is 34.7 Å². The minimum Gasteiger partial charge on any atom is -0.453 e. The summed E-state index contributed by atoms with van der Waals surface area (Å²) in [6.45, 7) is 2.67. The lowest BCUT2D eigenvalue weighted by molar-refractivity contribution is 0.0950. The van der Waals surface area contributed by atoms with Crippen LogP contribution in [0.2, 0.25) is 0 Å². The van der Waals surface area contributed by atoms with E-state index in [2.05, 4.69) is 0 Å². The van der Waals surface area contributed by atoms with Crippen LogP contribution in [0.4, 0.5) is 0 Å². The van der Waals surface area contributed by atoms with Gasteiger partial charge in [-0.05, 0) is 31.0 Å². The predicted octanol–water partition coefficient (Wildman–Crippen LogP) is 2.99. The zero-order valence-corrected chi connectivity index (χ0v) is 9.98. The zero-order valence-electron chi connectivity index (χ0n) is 9.98. The van der Waals surface area contributed by atoms with Crippen molar-refractivity contribution in [1.29, 1.82) is 0 Å². The van der Waals surface area contributed by atoms with Crippen molar-refractivity contribution in [3.8, 4) is 0 Å². The molecule has 3 heteroatoms. The van der Waals surface area contributed by atoms with Gasteiger partial charge in [-0.2, -0.15) is 0 Å². The Hall–Kier alpha value is -1.61. The quantitative estimate of drug-likeness (QED) is 0.805. The zero-order chi connectivity index (χ0) is 12.3. The van der Waals surface area contributed by atoms with Gasteiger partial charge in [-0.25, -0.2) is 0 Å². The molecule has 0 saturated heterocycles. The summed E-state index contributed by atoms with van der Waals surface area (Å²) < 4.78 is 5.51. The summed E-state index contributed by atoms with van der Waals surface area (Å²) >= 11 is 0. The highest BCUT2D eigenvalue weighted by atomic mass is 16.3. The van der Waals surface area contributed by atoms with Crippen molar-refractivity contribution in [2.45, 2.75) is 19.8 Å². The van der Waals surface area contributed by atoms with Gasteiger partial charge in [0.25, 0.3) is 0 Å². The molecule has 0 radical (unpaired) electrons. The normalized spacial score (nSPS) is 12.8. The van der Waals surface area contributed by atoms with E-state index in [0.717, 1.165) is 17.4 Å².